The van der Waals surface area contributed by atoms with Gasteiger partial charge in [0.05, 0.1) is 29.7 Å². The third-order valence-electron chi connectivity index (χ3n) is 4.52. The van der Waals surface area contributed by atoms with E-state index in [1.165, 1.54) is 0 Å². The Balaban J connectivity index is 0.000000858. The second kappa shape index (κ2) is 10.2. The topological polar surface area (TPSA) is 112 Å². The molecule has 0 saturated carbocycles. The van der Waals surface area contributed by atoms with Crippen LogP contribution in [0.25, 0.3) is 10.9 Å². The van der Waals surface area contributed by atoms with Gasteiger partial charge >= 0.3 is 0 Å². The van der Waals surface area contributed by atoms with E-state index in [1.807, 2.05) is 81.8 Å². The number of hydrogen-bond donors (Lipinski definition) is 6. The van der Waals surface area contributed by atoms with E-state index >= 15 is 0 Å². The molecule has 0 saturated heterocycles. The number of nitrogens with two attached hydrogens (primary N) is 1. The molecule has 0 atom stereocenters. The van der Waals surface area contributed by atoms with E-state index in [0.717, 1.165) is 33.7 Å². The summed E-state index contributed by atoms with van der Waals surface area (Å²) >= 11 is 0. The average molecular weight is 420 g/mol. The van der Waals surface area contributed by atoms with Crippen molar-refractivity contribution >= 4 is 45.2 Å². The highest BCUT2D eigenvalue weighted by Gasteiger charge is 2.12. The van der Waals surface area contributed by atoms with Crippen molar-refractivity contribution in [1.82, 2.24) is 15.5 Å². The van der Waals surface area contributed by atoms with Crippen molar-refractivity contribution in [2.24, 2.45) is 0 Å². The minimum absolute atomic E-state index is 0.625. The van der Waals surface area contributed by atoms with Crippen molar-refractivity contribution in [3.8, 4) is 5.75 Å². The van der Waals surface area contributed by atoms with Crippen LogP contribution in [0.5, 0.6) is 5.75 Å². The van der Waals surface area contributed by atoms with Crippen LogP contribution < -0.4 is 31.7 Å². The summed E-state index contributed by atoms with van der Waals surface area (Å²) in [5.74, 6) is 1.38. The zero-order valence-electron chi connectivity index (χ0n) is 18.2. The molecular weight excluding hydrogens is 390 g/mol. The molecule has 0 aliphatic rings. The van der Waals surface area contributed by atoms with E-state index in [1.54, 1.807) is 7.11 Å². The molecule has 3 aromatic carbocycles. The molecule has 0 aliphatic carbocycles. The maximum Gasteiger partial charge on any atom is 0.160 e. The molecule has 0 aliphatic heterocycles. The number of hydrogen-bond acceptors (Lipinski definition) is 7. The van der Waals surface area contributed by atoms with Gasteiger partial charge in [-0.3, -0.25) is 5.10 Å². The van der Waals surface area contributed by atoms with Crippen LogP contribution in [0.3, 0.4) is 0 Å². The minimum atomic E-state index is 0.625. The van der Waals surface area contributed by atoms with E-state index in [9.17, 15) is 0 Å². The monoisotopic (exact) mass is 419 g/mol. The van der Waals surface area contributed by atoms with Crippen molar-refractivity contribution in [2.45, 2.75) is 0 Å². The first-order valence-electron chi connectivity index (χ1n) is 9.90. The van der Waals surface area contributed by atoms with Gasteiger partial charge in [0.2, 0.25) is 0 Å². The number of fused-ring (bicyclic) bond motifs is 1. The standard InChI is InChI=1S/C21H22N6O.C2H7N/c1-23-18-12-20(28-2)19(11-16(18)22)25-21-15-9-8-14(10-17(15)26-27-21)24-13-6-4-3-5-7-13;1-3-2/h3-12,23-24H,22H2,1-2H3,(H2,25,26,27);3H,1-2H3. The van der Waals surface area contributed by atoms with Gasteiger partial charge in [-0.05, 0) is 50.5 Å². The Morgan fingerprint density at radius 3 is 2.29 bits per heavy atom. The Hall–Kier alpha value is -3.91. The van der Waals surface area contributed by atoms with E-state index in [2.05, 4.69) is 31.5 Å². The lowest BCUT2D eigenvalue weighted by Crippen LogP contribution is -2.01. The first kappa shape index (κ1) is 21.8. The molecule has 162 valence electrons. The molecule has 4 aromatic rings. The molecule has 0 bridgehead atoms. The van der Waals surface area contributed by atoms with Crippen molar-refractivity contribution < 1.29 is 4.74 Å². The fourth-order valence-corrected chi connectivity index (χ4v) is 3.09. The molecule has 0 fully saturated rings. The molecule has 0 spiro atoms. The number of nitrogens with one attached hydrogen (secondary N) is 5. The van der Waals surface area contributed by atoms with Crippen molar-refractivity contribution in [3.63, 3.8) is 0 Å². The largest absolute Gasteiger partial charge is 0.494 e. The van der Waals surface area contributed by atoms with Gasteiger partial charge in [0.1, 0.15) is 5.75 Å². The molecule has 8 nitrogen and oxygen atoms in total. The summed E-state index contributed by atoms with van der Waals surface area (Å²) in [5.41, 5.74) is 11.2. The van der Waals surface area contributed by atoms with Crippen LogP contribution in [-0.2, 0) is 0 Å². The zero-order valence-corrected chi connectivity index (χ0v) is 18.2. The quantitative estimate of drug-likeness (QED) is 0.255. The molecule has 1 aromatic heterocycles. The Morgan fingerprint density at radius 1 is 0.871 bits per heavy atom. The summed E-state index contributed by atoms with van der Waals surface area (Å²) in [7, 11) is 7.20. The second-order valence-corrected chi connectivity index (χ2v) is 6.84. The van der Waals surface area contributed by atoms with Gasteiger partial charge in [-0.1, -0.05) is 18.2 Å². The minimum Gasteiger partial charge on any atom is -0.494 e. The van der Waals surface area contributed by atoms with Gasteiger partial charge in [-0.2, -0.15) is 5.10 Å². The first-order valence-corrected chi connectivity index (χ1v) is 9.90. The third kappa shape index (κ3) is 5.18. The number of H-pyrrole nitrogens is 1. The lowest BCUT2D eigenvalue weighted by Gasteiger charge is -2.14. The van der Waals surface area contributed by atoms with Gasteiger partial charge in [0, 0.05) is 29.9 Å². The van der Waals surface area contributed by atoms with Crippen molar-refractivity contribution in [3.05, 3.63) is 60.7 Å². The Kier molecular flexibility index (Phi) is 7.18. The van der Waals surface area contributed by atoms with Crippen molar-refractivity contribution in [1.29, 1.82) is 0 Å². The Labute approximate surface area is 182 Å². The van der Waals surface area contributed by atoms with E-state index in [4.69, 9.17) is 10.5 Å². The van der Waals surface area contributed by atoms with Crippen LogP contribution in [0, 0.1) is 0 Å². The summed E-state index contributed by atoms with van der Waals surface area (Å²) in [4.78, 5) is 0. The maximum atomic E-state index is 6.10. The predicted molar refractivity (Wildman–Crippen MR) is 131 cm³/mol. The number of aromatic nitrogens is 2. The predicted octanol–water partition coefficient (Wildman–Crippen LogP) is 4.52. The van der Waals surface area contributed by atoms with E-state index in [-0.39, 0.29) is 0 Å². The molecule has 0 unspecified atom stereocenters. The number of nitrogen functional groups attached to an aromatic ring is 1. The number of aromatic amines is 1. The average Bonchev–Trinajstić information content (AvgIpc) is 3.17. The molecule has 1 heterocycles. The molecule has 0 radical (unpaired) electrons. The fourth-order valence-electron chi connectivity index (χ4n) is 3.09. The third-order valence-corrected chi connectivity index (χ3v) is 4.52. The zero-order chi connectivity index (χ0) is 22.2. The number of para-hydroxylation sites is 1. The maximum absolute atomic E-state index is 6.10. The lowest BCUT2D eigenvalue weighted by atomic mass is 10.2. The summed E-state index contributed by atoms with van der Waals surface area (Å²) in [6, 6.07) is 19.8. The normalized spacial score (nSPS) is 10.2. The van der Waals surface area contributed by atoms with Crippen LogP contribution in [0.15, 0.2) is 60.7 Å². The van der Waals surface area contributed by atoms with Gasteiger partial charge in [0.15, 0.2) is 5.82 Å². The number of rotatable bonds is 6. The Bertz CT molecular complexity index is 1130. The van der Waals surface area contributed by atoms with Crippen LogP contribution in [0.1, 0.15) is 0 Å². The summed E-state index contributed by atoms with van der Waals surface area (Å²) in [5, 5.41) is 20.9. The number of ether oxygens (including phenoxy) is 1. The summed E-state index contributed by atoms with van der Waals surface area (Å²) in [6.45, 7) is 0. The molecular formula is C23H29N7O. The van der Waals surface area contributed by atoms with Gasteiger partial charge in [-0.25, -0.2) is 0 Å². The van der Waals surface area contributed by atoms with E-state index < -0.39 is 0 Å². The highest BCUT2D eigenvalue weighted by atomic mass is 16.5. The van der Waals surface area contributed by atoms with E-state index in [0.29, 0.717) is 17.3 Å². The van der Waals surface area contributed by atoms with Gasteiger partial charge < -0.3 is 31.7 Å². The number of nitrogens with zero attached hydrogens (tertiary/aromatic N) is 1. The first-order chi connectivity index (χ1) is 15.1. The molecule has 7 N–H and O–H groups in total. The summed E-state index contributed by atoms with van der Waals surface area (Å²) in [6.07, 6.45) is 0. The molecule has 31 heavy (non-hydrogen) atoms. The fraction of sp³-hybridized carbons (Fsp3) is 0.174. The van der Waals surface area contributed by atoms with Gasteiger partial charge in [0.25, 0.3) is 0 Å². The van der Waals surface area contributed by atoms with Crippen LogP contribution >= 0.6 is 0 Å². The number of methoxy groups -OCH3 is 1. The summed E-state index contributed by atoms with van der Waals surface area (Å²) < 4.78 is 5.48. The van der Waals surface area contributed by atoms with Crippen LogP contribution in [-0.4, -0.2) is 38.5 Å². The molecule has 4 rings (SSSR count). The highest BCUT2D eigenvalue weighted by Crippen LogP contribution is 2.36. The van der Waals surface area contributed by atoms with Gasteiger partial charge in [-0.15, -0.1) is 0 Å². The highest BCUT2D eigenvalue weighted by molar-refractivity contribution is 5.94. The van der Waals surface area contributed by atoms with Crippen LogP contribution in [0.4, 0.5) is 34.3 Å². The van der Waals surface area contributed by atoms with Crippen molar-refractivity contribution in [2.75, 3.05) is 49.9 Å². The molecule has 8 heteroatoms. The smallest absolute Gasteiger partial charge is 0.160 e. The van der Waals surface area contributed by atoms with Crippen LogP contribution in [0.2, 0.25) is 0 Å². The Morgan fingerprint density at radius 2 is 1.61 bits per heavy atom. The number of anilines is 6. The SMILES string of the molecule is CNC.CNc1cc(OC)c(Nc2n[nH]c3cc(Nc4ccccc4)ccc23)cc1N. The molecule has 0 amide bonds. The number of benzene rings is 3. The lowest BCUT2D eigenvalue weighted by molar-refractivity contribution is 0.417. The second-order valence-electron chi connectivity index (χ2n) is 6.84.